The normalized spacial score (nSPS) is 17.3. The van der Waals surface area contributed by atoms with E-state index in [4.69, 9.17) is 0 Å². The summed E-state index contributed by atoms with van der Waals surface area (Å²) in [6, 6.07) is 17.4. The number of aliphatic imine (C=N–C) groups is 1. The van der Waals surface area contributed by atoms with E-state index in [1.54, 1.807) is 4.90 Å². The molecule has 0 spiro atoms. The largest absolute Gasteiger partial charge is 0.271 e. The Kier molecular flexibility index (Phi) is 5.24. The average Bonchev–Trinajstić information content (AvgIpc) is 3.21. The topological polar surface area (TPSA) is 45.6 Å². The van der Waals surface area contributed by atoms with E-state index < -0.39 is 0 Å². The molecule has 4 rings (SSSR count). The first-order valence-electron chi connectivity index (χ1n) is 8.15. The number of para-hydroxylation sites is 1. The fourth-order valence-electron chi connectivity index (χ4n) is 2.54. The molecule has 7 heteroatoms. The number of halogens is 1. The number of amidine groups is 1. The zero-order chi connectivity index (χ0) is 18.8. The molecule has 0 radical (unpaired) electrons. The van der Waals surface area contributed by atoms with E-state index in [2.05, 4.69) is 25.9 Å². The van der Waals surface area contributed by atoms with Gasteiger partial charge in [0.1, 0.15) is 0 Å². The fourth-order valence-corrected chi connectivity index (χ4v) is 4.51. The first-order chi connectivity index (χ1) is 13.1. The highest BCUT2D eigenvalue weighted by molar-refractivity contribution is 9.10. The number of benzene rings is 2. The lowest BCUT2D eigenvalue weighted by atomic mass is 10.2. The summed E-state index contributed by atoms with van der Waals surface area (Å²) in [6.07, 6.45) is 1.89. The zero-order valence-electron chi connectivity index (χ0n) is 14.3. The Hall–Kier alpha value is -2.22. The number of thioether (sulfide) groups is 1. The Morgan fingerprint density at radius 2 is 1.85 bits per heavy atom. The van der Waals surface area contributed by atoms with Crippen LogP contribution in [0.5, 0.6) is 0 Å². The molecule has 0 bridgehead atoms. The van der Waals surface area contributed by atoms with E-state index in [-0.39, 0.29) is 5.91 Å². The van der Waals surface area contributed by atoms with Crippen LogP contribution in [0.2, 0.25) is 0 Å². The van der Waals surface area contributed by atoms with Crippen LogP contribution < -0.4 is 4.90 Å². The standard InChI is InChI=1S/C20H14BrN3OS2/c1-13-12-26-19(22-13)23-20-24(16-5-3-2-4-6-16)18(25)17(27-20)11-14-7-9-15(21)10-8-14/h2-12H,1H3/b17-11-,23-20+. The molecule has 4 nitrogen and oxygen atoms in total. The van der Waals surface area contributed by atoms with Crippen molar-refractivity contribution >= 4 is 67.0 Å². The smallest absolute Gasteiger partial charge is 0.268 e. The first kappa shape index (κ1) is 18.2. The molecule has 0 unspecified atom stereocenters. The molecule has 0 atom stereocenters. The van der Waals surface area contributed by atoms with E-state index in [1.807, 2.05) is 73.0 Å². The quantitative estimate of drug-likeness (QED) is 0.453. The van der Waals surface area contributed by atoms with Gasteiger partial charge in [0.2, 0.25) is 5.13 Å². The number of thiazole rings is 1. The molecule has 2 heterocycles. The first-order valence-corrected chi connectivity index (χ1v) is 10.6. The molecular formula is C20H14BrN3OS2. The number of anilines is 1. The van der Waals surface area contributed by atoms with Gasteiger partial charge in [-0.1, -0.05) is 46.3 Å². The van der Waals surface area contributed by atoms with Crippen molar-refractivity contribution in [1.29, 1.82) is 0 Å². The van der Waals surface area contributed by atoms with E-state index in [0.717, 1.165) is 21.4 Å². The number of nitrogens with zero attached hydrogens (tertiary/aromatic N) is 3. The maximum Gasteiger partial charge on any atom is 0.271 e. The lowest BCUT2D eigenvalue weighted by Gasteiger charge is -2.14. The van der Waals surface area contributed by atoms with Crippen LogP contribution in [-0.4, -0.2) is 16.1 Å². The van der Waals surface area contributed by atoms with Gasteiger partial charge in [-0.2, -0.15) is 4.99 Å². The van der Waals surface area contributed by atoms with E-state index in [1.165, 1.54) is 23.1 Å². The fraction of sp³-hybridized carbons (Fsp3) is 0.0500. The molecule has 0 N–H and O–H groups in total. The number of aryl methyl sites for hydroxylation is 1. The van der Waals surface area contributed by atoms with Crippen molar-refractivity contribution in [1.82, 2.24) is 4.98 Å². The molecule has 1 aromatic heterocycles. The molecule has 1 aliphatic rings. The Morgan fingerprint density at radius 3 is 2.52 bits per heavy atom. The number of amides is 1. The highest BCUT2D eigenvalue weighted by atomic mass is 79.9. The van der Waals surface area contributed by atoms with Crippen LogP contribution >= 0.6 is 39.0 Å². The third-order valence-corrected chi connectivity index (χ3v) is 6.14. The van der Waals surface area contributed by atoms with Crippen LogP contribution in [0.1, 0.15) is 11.3 Å². The molecule has 0 aliphatic carbocycles. The van der Waals surface area contributed by atoms with Gasteiger partial charge >= 0.3 is 0 Å². The maximum absolute atomic E-state index is 13.1. The highest BCUT2D eigenvalue weighted by Gasteiger charge is 2.34. The Morgan fingerprint density at radius 1 is 1.11 bits per heavy atom. The molecule has 1 fully saturated rings. The second-order valence-corrected chi connectivity index (χ2v) is 8.57. The number of rotatable bonds is 3. The Labute approximate surface area is 173 Å². The van der Waals surface area contributed by atoms with Gasteiger partial charge in [-0.3, -0.25) is 9.69 Å². The Bertz CT molecular complexity index is 1040. The maximum atomic E-state index is 13.1. The van der Waals surface area contributed by atoms with Crippen LogP contribution in [0.3, 0.4) is 0 Å². The van der Waals surface area contributed by atoms with Crippen molar-refractivity contribution in [2.75, 3.05) is 4.90 Å². The molecule has 1 aliphatic heterocycles. The van der Waals surface area contributed by atoms with Crippen LogP contribution in [0, 0.1) is 6.92 Å². The van der Waals surface area contributed by atoms with Crippen LogP contribution in [0.4, 0.5) is 10.8 Å². The molecule has 2 aromatic carbocycles. The third-order valence-electron chi connectivity index (χ3n) is 3.79. The van der Waals surface area contributed by atoms with Crippen molar-refractivity contribution in [3.63, 3.8) is 0 Å². The summed E-state index contributed by atoms with van der Waals surface area (Å²) < 4.78 is 1.00. The summed E-state index contributed by atoms with van der Waals surface area (Å²) in [6.45, 7) is 1.93. The van der Waals surface area contributed by atoms with Crippen molar-refractivity contribution in [3.8, 4) is 0 Å². The second-order valence-electron chi connectivity index (χ2n) is 5.80. The molecule has 27 heavy (non-hydrogen) atoms. The second kappa shape index (κ2) is 7.80. The van der Waals surface area contributed by atoms with E-state index in [9.17, 15) is 4.79 Å². The molecule has 134 valence electrons. The predicted octanol–water partition coefficient (Wildman–Crippen LogP) is 6.02. The summed E-state index contributed by atoms with van der Waals surface area (Å²) in [5.74, 6) is -0.0823. The van der Waals surface area contributed by atoms with Crippen LogP contribution in [-0.2, 0) is 4.79 Å². The lowest BCUT2D eigenvalue weighted by molar-refractivity contribution is -0.113. The summed E-state index contributed by atoms with van der Waals surface area (Å²) in [4.78, 5) is 24.4. The summed E-state index contributed by atoms with van der Waals surface area (Å²) in [7, 11) is 0. The third kappa shape index (κ3) is 4.05. The van der Waals surface area contributed by atoms with Crippen molar-refractivity contribution in [2.45, 2.75) is 6.92 Å². The van der Waals surface area contributed by atoms with Crippen LogP contribution in [0.25, 0.3) is 6.08 Å². The lowest BCUT2D eigenvalue weighted by Crippen LogP contribution is -2.28. The molecule has 3 aromatic rings. The van der Waals surface area contributed by atoms with Crippen LogP contribution in [0.15, 0.2) is 74.3 Å². The van der Waals surface area contributed by atoms with Gasteiger partial charge in [0, 0.05) is 9.85 Å². The molecule has 1 amide bonds. The predicted molar refractivity (Wildman–Crippen MR) is 118 cm³/mol. The number of aromatic nitrogens is 1. The van der Waals surface area contributed by atoms with Crippen molar-refractivity contribution < 1.29 is 4.79 Å². The van der Waals surface area contributed by atoms with Gasteiger partial charge in [0.15, 0.2) is 5.17 Å². The van der Waals surface area contributed by atoms with E-state index >= 15 is 0 Å². The average molecular weight is 456 g/mol. The van der Waals surface area contributed by atoms with Gasteiger partial charge in [-0.25, -0.2) is 4.98 Å². The van der Waals surface area contributed by atoms with Gasteiger partial charge < -0.3 is 0 Å². The molecular weight excluding hydrogens is 442 g/mol. The minimum atomic E-state index is -0.0823. The highest BCUT2D eigenvalue weighted by Crippen LogP contribution is 2.37. The summed E-state index contributed by atoms with van der Waals surface area (Å²) >= 11 is 6.27. The number of hydrogen-bond acceptors (Lipinski definition) is 5. The molecule has 0 saturated carbocycles. The summed E-state index contributed by atoms with van der Waals surface area (Å²) in [5.41, 5.74) is 2.68. The Balaban J connectivity index is 1.75. The van der Waals surface area contributed by atoms with Crippen molar-refractivity contribution in [2.24, 2.45) is 4.99 Å². The van der Waals surface area contributed by atoms with Gasteiger partial charge in [-0.15, -0.1) is 11.3 Å². The minimum Gasteiger partial charge on any atom is -0.268 e. The summed E-state index contributed by atoms with van der Waals surface area (Å²) in [5, 5.41) is 3.21. The SMILES string of the molecule is Cc1csc(/N=C2/S/C(=C\c3ccc(Br)cc3)C(=O)N2c2ccccc2)n1. The number of carbonyl (C=O) groups is 1. The number of hydrogen-bond donors (Lipinski definition) is 0. The monoisotopic (exact) mass is 455 g/mol. The zero-order valence-corrected chi connectivity index (χ0v) is 17.5. The van der Waals surface area contributed by atoms with Crippen molar-refractivity contribution in [3.05, 3.63) is 80.6 Å². The number of carbonyl (C=O) groups excluding carboxylic acids is 1. The van der Waals surface area contributed by atoms with Gasteiger partial charge in [0.05, 0.1) is 16.3 Å². The van der Waals surface area contributed by atoms with Gasteiger partial charge in [-0.05, 0) is 54.6 Å². The minimum absolute atomic E-state index is 0.0823. The van der Waals surface area contributed by atoms with E-state index in [0.29, 0.717) is 15.2 Å². The molecule has 1 saturated heterocycles. The van der Waals surface area contributed by atoms with Gasteiger partial charge in [0.25, 0.3) is 5.91 Å².